The van der Waals surface area contributed by atoms with E-state index in [1.54, 1.807) is 31.2 Å². The van der Waals surface area contributed by atoms with Gasteiger partial charge in [-0.25, -0.2) is 4.79 Å². The van der Waals surface area contributed by atoms with Crippen molar-refractivity contribution in [3.8, 4) is 5.75 Å². The lowest BCUT2D eigenvalue weighted by molar-refractivity contribution is -0.139. The van der Waals surface area contributed by atoms with Crippen LogP contribution in [0.25, 0.3) is 0 Å². The third kappa shape index (κ3) is 5.05. The summed E-state index contributed by atoms with van der Waals surface area (Å²) in [5, 5.41) is 3.46. The first-order chi connectivity index (χ1) is 16.3. The molecule has 0 aliphatic carbocycles. The molecule has 9 nitrogen and oxygen atoms in total. The second-order valence-corrected chi connectivity index (χ2v) is 9.00. The van der Waals surface area contributed by atoms with Crippen molar-refractivity contribution in [1.82, 2.24) is 25.6 Å². The number of ether oxygens (including phenoxy) is 1. The Labute approximate surface area is 199 Å². The fourth-order valence-corrected chi connectivity index (χ4v) is 4.41. The fourth-order valence-electron chi connectivity index (χ4n) is 4.41. The van der Waals surface area contributed by atoms with E-state index >= 15 is 0 Å². The molecule has 0 spiro atoms. The van der Waals surface area contributed by atoms with Crippen LogP contribution in [0.2, 0.25) is 0 Å². The molecule has 2 aromatic carbocycles. The van der Waals surface area contributed by atoms with Crippen molar-refractivity contribution in [3.63, 3.8) is 0 Å². The zero-order chi connectivity index (χ0) is 24.3. The van der Waals surface area contributed by atoms with Gasteiger partial charge in [0.15, 0.2) is 0 Å². The summed E-state index contributed by atoms with van der Waals surface area (Å²) in [6.45, 7) is 7.86. The van der Waals surface area contributed by atoms with Crippen LogP contribution in [0.1, 0.15) is 23.6 Å². The Balaban J connectivity index is 1.30. The number of benzene rings is 2. The summed E-state index contributed by atoms with van der Waals surface area (Å²) in [6.07, 6.45) is 0. The van der Waals surface area contributed by atoms with Crippen molar-refractivity contribution in [3.05, 3.63) is 65.2 Å². The number of carbonyl (C=O) groups is 3. The molecule has 0 aromatic heterocycles. The van der Waals surface area contributed by atoms with Crippen LogP contribution < -0.4 is 15.5 Å². The number of hydrazine groups is 1. The van der Waals surface area contributed by atoms with Crippen molar-refractivity contribution in [2.45, 2.75) is 25.9 Å². The maximum Gasteiger partial charge on any atom is 0.344 e. The predicted molar refractivity (Wildman–Crippen MR) is 127 cm³/mol. The smallest absolute Gasteiger partial charge is 0.344 e. The molecule has 4 amide bonds. The zero-order valence-corrected chi connectivity index (χ0v) is 19.8. The SMILES string of the molecule is COc1cccc(C2(C)NC(=O)N(NC(=O)CN3CCN(Cc4cccc(C)c4)CC3)C2=O)c1. The number of hydrogen-bond donors (Lipinski definition) is 2. The molecule has 0 radical (unpaired) electrons. The predicted octanol–water partition coefficient (Wildman–Crippen LogP) is 1.62. The van der Waals surface area contributed by atoms with Gasteiger partial charge in [0.25, 0.3) is 11.8 Å². The molecule has 34 heavy (non-hydrogen) atoms. The third-order valence-electron chi connectivity index (χ3n) is 6.40. The zero-order valence-electron chi connectivity index (χ0n) is 19.8. The van der Waals surface area contributed by atoms with E-state index in [1.807, 2.05) is 4.90 Å². The fraction of sp³-hybridized carbons (Fsp3) is 0.400. The molecule has 9 heteroatoms. The quantitative estimate of drug-likeness (QED) is 0.604. The Kier molecular flexibility index (Phi) is 6.85. The molecule has 2 fully saturated rings. The molecule has 1 atom stereocenters. The standard InChI is InChI=1S/C25H31N5O4/c1-18-6-4-7-19(14-18)16-28-10-12-29(13-11-28)17-22(31)27-30-23(32)25(2,26-24(30)33)20-8-5-9-21(15-20)34-3/h4-9,14-15H,10-13,16-17H2,1-3H3,(H,26,33)(H,27,31). The van der Waals surface area contributed by atoms with Crippen LogP contribution >= 0.6 is 0 Å². The highest BCUT2D eigenvalue weighted by molar-refractivity contribution is 6.08. The van der Waals surface area contributed by atoms with Crippen LogP contribution in [0, 0.1) is 6.92 Å². The summed E-state index contributed by atoms with van der Waals surface area (Å²) in [5.74, 6) is -0.364. The van der Waals surface area contributed by atoms with Crippen molar-refractivity contribution in [1.29, 1.82) is 0 Å². The molecule has 2 aliphatic rings. The maximum atomic E-state index is 13.1. The summed E-state index contributed by atoms with van der Waals surface area (Å²) in [6, 6.07) is 14.8. The van der Waals surface area contributed by atoms with Crippen molar-refractivity contribution in [2.24, 2.45) is 0 Å². The molecule has 180 valence electrons. The first-order valence-electron chi connectivity index (χ1n) is 11.4. The van der Waals surface area contributed by atoms with Gasteiger partial charge >= 0.3 is 6.03 Å². The van der Waals surface area contributed by atoms with Crippen LogP contribution in [0.4, 0.5) is 4.79 Å². The Bertz CT molecular complexity index is 1080. The van der Waals surface area contributed by atoms with Crippen LogP contribution in [-0.2, 0) is 21.7 Å². The van der Waals surface area contributed by atoms with Crippen LogP contribution in [0.3, 0.4) is 0 Å². The maximum absolute atomic E-state index is 13.1. The van der Waals surface area contributed by atoms with Crippen molar-refractivity contribution < 1.29 is 19.1 Å². The van der Waals surface area contributed by atoms with Gasteiger partial charge in [-0.1, -0.05) is 42.0 Å². The van der Waals surface area contributed by atoms with Crippen LogP contribution in [0.15, 0.2) is 48.5 Å². The molecule has 2 N–H and O–H groups in total. The number of urea groups is 1. The number of imide groups is 1. The van der Waals surface area contributed by atoms with Gasteiger partial charge in [0.2, 0.25) is 0 Å². The minimum Gasteiger partial charge on any atom is -0.497 e. The van der Waals surface area contributed by atoms with Gasteiger partial charge in [-0.05, 0) is 37.1 Å². The normalized spacial score (nSPS) is 21.4. The largest absolute Gasteiger partial charge is 0.497 e. The van der Waals surface area contributed by atoms with E-state index in [0.717, 1.165) is 37.7 Å². The highest BCUT2D eigenvalue weighted by Crippen LogP contribution is 2.30. The number of amides is 4. The minimum absolute atomic E-state index is 0.116. The van der Waals surface area contributed by atoms with Gasteiger partial charge in [0, 0.05) is 32.7 Å². The van der Waals surface area contributed by atoms with Crippen LogP contribution in [-0.4, -0.2) is 72.5 Å². The number of rotatable bonds is 7. The van der Waals surface area contributed by atoms with E-state index in [0.29, 0.717) is 11.3 Å². The summed E-state index contributed by atoms with van der Waals surface area (Å²) in [5.41, 5.74) is 4.29. The Morgan fingerprint density at radius 1 is 1.06 bits per heavy atom. The highest BCUT2D eigenvalue weighted by Gasteiger charge is 2.50. The number of nitrogens with zero attached hydrogens (tertiary/aromatic N) is 3. The van der Waals surface area contributed by atoms with E-state index in [9.17, 15) is 14.4 Å². The molecule has 0 saturated carbocycles. The van der Waals surface area contributed by atoms with Crippen molar-refractivity contribution >= 4 is 17.8 Å². The highest BCUT2D eigenvalue weighted by atomic mass is 16.5. The van der Waals surface area contributed by atoms with Gasteiger partial charge < -0.3 is 10.1 Å². The van der Waals surface area contributed by atoms with E-state index in [4.69, 9.17) is 4.74 Å². The first kappa shape index (κ1) is 23.7. The topological polar surface area (TPSA) is 94.2 Å². The van der Waals surface area contributed by atoms with E-state index in [1.165, 1.54) is 18.2 Å². The molecular weight excluding hydrogens is 434 g/mol. The minimum atomic E-state index is -1.29. The lowest BCUT2D eigenvalue weighted by Gasteiger charge is -2.34. The lowest BCUT2D eigenvalue weighted by Crippen LogP contribution is -2.53. The lowest BCUT2D eigenvalue weighted by atomic mass is 9.92. The Morgan fingerprint density at radius 2 is 1.76 bits per heavy atom. The monoisotopic (exact) mass is 465 g/mol. The number of nitrogens with one attached hydrogen (secondary N) is 2. The average molecular weight is 466 g/mol. The van der Waals surface area contributed by atoms with E-state index in [-0.39, 0.29) is 6.54 Å². The first-order valence-corrected chi connectivity index (χ1v) is 11.4. The molecule has 4 rings (SSSR count). The van der Waals surface area contributed by atoms with Gasteiger partial charge in [0.1, 0.15) is 11.3 Å². The second kappa shape index (κ2) is 9.82. The molecule has 2 aliphatic heterocycles. The number of methoxy groups -OCH3 is 1. The summed E-state index contributed by atoms with van der Waals surface area (Å²) < 4.78 is 5.23. The molecule has 0 bridgehead atoms. The van der Waals surface area contributed by atoms with Gasteiger partial charge in [-0.15, -0.1) is 0 Å². The molecular formula is C25H31N5O4. The third-order valence-corrected chi connectivity index (χ3v) is 6.40. The van der Waals surface area contributed by atoms with Gasteiger partial charge in [-0.3, -0.25) is 24.8 Å². The second-order valence-electron chi connectivity index (χ2n) is 9.00. The van der Waals surface area contributed by atoms with Gasteiger partial charge in [0.05, 0.1) is 13.7 Å². The van der Waals surface area contributed by atoms with E-state index < -0.39 is 23.4 Å². The summed E-state index contributed by atoms with van der Waals surface area (Å²) >= 11 is 0. The Morgan fingerprint density at radius 3 is 2.47 bits per heavy atom. The summed E-state index contributed by atoms with van der Waals surface area (Å²) in [7, 11) is 1.53. The van der Waals surface area contributed by atoms with Crippen LogP contribution in [0.5, 0.6) is 5.75 Å². The molecule has 2 saturated heterocycles. The molecule has 2 heterocycles. The van der Waals surface area contributed by atoms with E-state index in [2.05, 4.69) is 46.8 Å². The number of aryl methyl sites for hydroxylation is 1. The average Bonchev–Trinajstić information content (AvgIpc) is 3.04. The number of carbonyl (C=O) groups excluding carboxylic acids is 3. The van der Waals surface area contributed by atoms with Gasteiger partial charge in [-0.2, -0.15) is 5.01 Å². The van der Waals surface area contributed by atoms with Crippen molar-refractivity contribution in [2.75, 3.05) is 39.8 Å². The molecule has 1 unspecified atom stereocenters. The number of piperazine rings is 1. The summed E-state index contributed by atoms with van der Waals surface area (Å²) in [4.78, 5) is 42.6. The number of hydrogen-bond acceptors (Lipinski definition) is 6. The Hall–Kier alpha value is -3.43. The molecule has 2 aromatic rings.